The molecule has 0 spiro atoms. The van der Waals surface area contributed by atoms with Gasteiger partial charge in [-0.05, 0) is 49.9 Å². The monoisotopic (exact) mass is 413 g/mol. The Morgan fingerprint density at radius 2 is 1.85 bits per heavy atom. The van der Waals surface area contributed by atoms with E-state index in [9.17, 15) is 9.59 Å². The molecule has 4 heterocycles. The fourth-order valence-electron chi connectivity index (χ4n) is 3.32. The number of piperidine rings is 3. The maximum atomic E-state index is 9.55. The van der Waals surface area contributed by atoms with Crippen LogP contribution in [0, 0.1) is 11.8 Å². The molecule has 2 bridgehead atoms. The van der Waals surface area contributed by atoms with Crippen molar-refractivity contribution in [2.45, 2.75) is 44.1 Å². The smallest absolute Gasteiger partial charge is 0.328 e. The Bertz CT molecular complexity index is 639. The summed E-state index contributed by atoms with van der Waals surface area (Å²) < 4.78 is 9.19. The average molecular weight is 414 g/mol. The predicted octanol–water partition coefficient (Wildman–Crippen LogP) is 3.20. The van der Waals surface area contributed by atoms with Gasteiger partial charge in [0.15, 0.2) is 0 Å². The van der Waals surface area contributed by atoms with Crippen LogP contribution in [0.25, 0.3) is 0 Å². The van der Waals surface area contributed by atoms with Gasteiger partial charge in [-0.3, -0.25) is 0 Å². The molecule has 0 saturated carbocycles. The maximum Gasteiger partial charge on any atom is 0.328 e. The van der Waals surface area contributed by atoms with Crippen LogP contribution in [0.1, 0.15) is 44.7 Å². The molecule has 2 N–H and O–H groups in total. The van der Waals surface area contributed by atoms with Gasteiger partial charge >= 0.3 is 11.9 Å². The first-order chi connectivity index (χ1) is 12.9. The van der Waals surface area contributed by atoms with Crippen molar-refractivity contribution in [3.63, 3.8) is 0 Å². The highest BCUT2D eigenvalue weighted by Crippen LogP contribution is 2.41. The van der Waals surface area contributed by atoms with E-state index in [-0.39, 0.29) is 0 Å². The van der Waals surface area contributed by atoms with Gasteiger partial charge < -0.3 is 15.1 Å². The van der Waals surface area contributed by atoms with E-state index in [2.05, 4.69) is 27.5 Å². The Balaban J connectivity index is 0.000000279. The molecular weight excluding hydrogens is 386 g/mol. The van der Waals surface area contributed by atoms with Crippen LogP contribution in [-0.2, 0) is 9.59 Å². The van der Waals surface area contributed by atoms with Crippen LogP contribution in [0.5, 0.6) is 0 Å². The number of aromatic nitrogens is 2. The summed E-state index contributed by atoms with van der Waals surface area (Å²) >= 11 is 3.33. The summed E-state index contributed by atoms with van der Waals surface area (Å²) in [7, 11) is 0. The van der Waals surface area contributed by atoms with Gasteiger partial charge in [-0.1, -0.05) is 13.8 Å². The molecule has 1 unspecified atom stereocenters. The zero-order valence-corrected chi connectivity index (χ0v) is 17.3. The van der Waals surface area contributed by atoms with E-state index in [1.165, 1.54) is 67.1 Å². The largest absolute Gasteiger partial charge is 0.478 e. The molecule has 4 rings (SSSR count). The number of carboxylic acid groups (broad SMARTS) is 2. The van der Waals surface area contributed by atoms with Crippen LogP contribution in [0.15, 0.2) is 17.2 Å². The van der Waals surface area contributed by atoms with Crippen molar-refractivity contribution in [2.24, 2.45) is 11.8 Å². The molecule has 1 aromatic rings. The quantitative estimate of drug-likeness (QED) is 0.519. The second kappa shape index (κ2) is 10.8. The standard InChI is InChI=1S/C14H23N3S2.C4H4O4/c1-10(2)5-8-18-14-13(15-19-16-14)12-9-17-6-3-11(12)4-7-17;5-3(6)1-2-4(7)8/h10-12H,3-9H2,1-2H3;1-2H,(H,5,6)(H,7,8)/b;2-1+. The van der Waals surface area contributed by atoms with Gasteiger partial charge in [-0.15, -0.1) is 11.8 Å². The molecule has 0 aliphatic carbocycles. The van der Waals surface area contributed by atoms with E-state index < -0.39 is 11.9 Å². The Kier molecular flexibility index (Phi) is 8.72. The number of hydrogen-bond acceptors (Lipinski definition) is 7. The van der Waals surface area contributed by atoms with E-state index in [1.54, 1.807) is 0 Å². The lowest BCUT2D eigenvalue weighted by Gasteiger charge is -2.44. The third kappa shape index (κ3) is 7.23. The van der Waals surface area contributed by atoms with E-state index >= 15 is 0 Å². The van der Waals surface area contributed by atoms with Gasteiger partial charge in [0.2, 0.25) is 0 Å². The van der Waals surface area contributed by atoms with Gasteiger partial charge in [0.1, 0.15) is 5.03 Å². The van der Waals surface area contributed by atoms with Crippen LogP contribution in [0.3, 0.4) is 0 Å². The van der Waals surface area contributed by atoms with Crippen molar-refractivity contribution in [3.05, 3.63) is 17.8 Å². The molecule has 3 aliphatic rings. The number of carbonyl (C=O) groups is 2. The molecule has 3 fully saturated rings. The highest BCUT2D eigenvalue weighted by molar-refractivity contribution is 7.99. The lowest BCUT2D eigenvalue weighted by Crippen LogP contribution is -2.46. The first-order valence-corrected chi connectivity index (χ1v) is 10.9. The summed E-state index contributed by atoms with van der Waals surface area (Å²) in [6.07, 6.45) is 5.10. The van der Waals surface area contributed by atoms with Crippen LogP contribution in [0.2, 0.25) is 0 Å². The van der Waals surface area contributed by atoms with E-state index in [0.717, 1.165) is 11.8 Å². The molecule has 27 heavy (non-hydrogen) atoms. The van der Waals surface area contributed by atoms with Crippen molar-refractivity contribution in [1.82, 2.24) is 13.6 Å². The maximum absolute atomic E-state index is 9.55. The van der Waals surface area contributed by atoms with Gasteiger partial charge in [0, 0.05) is 24.6 Å². The average Bonchev–Trinajstić information content (AvgIpc) is 3.09. The molecule has 150 valence electrons. The molecule has 7 nitrogen and oxygen atoms in total. The van der Waals surface area contributed by atoms with Crippen molar-refractivity contribution in [1.29, 1.82) is 0 Å². The fraction of sp³-hybridized carbons (Fsp3) is 0.667. The van der Waals surface area contributed by atoms with Crippen LogP contribution < -0.4 is 0 Å². The van der Waals surface area contributed by atoms with Gasteiger partial charge in [-0.2, -0.15) is 8.75 Å². The molecule has 0 aromatic carbocycles. The third-order valence-electron chi connectivity index (χ3n) is 4.79. The minimum atomic E-state index is -1.26. The molecule has 0 amide bonds. The van der Waals surface area contributed by atoms with Crippen LogP contribution in [-0.4, -0.2) is 61.2 Å². The van der Waals surface area contributed by atoms with Crippen LogP contribution >= 0.6 is 23.5 Å². The van der Waals surface area contributed by atoms with E-state index in [4.69, 9.17) is 10.2 Å². The molecule has 9 heteroatoms. The first kappa shape index (κ1) is 21.8. The van der Waals surface area contributed by atoms with Crippen molar-refractivity contribution >= 4 is 35.4 Å². The third-order valence-corrected chi connectivity index (χ3v) is 6.46. The summed E-state index contributed by atoms with van der Waals surface area (Å²) in [5.41, 5.74) is 1.31. The molecule has 3 aliphatic heterocycles. The molecule has 3 saturated heterocycles. The molecule has 1 atom stereocenters. The minimum Gasteiger partial charge on any atom is -0.478 e. The Morgan fingerprint density at radius 1 is 1.22 bits per heavy atom. The summed E-state index contributed by atoms with van der Waals surface area (Å²) in [4.78, 5) is 21.7. The number of rotatable bonds is 7. The predicted molar refractivity (Wildman–Crippen MR) is 106 cm³/mol. The van der Waals surface area contributed by atoms with Gasteiger partial charge in [0.25, 0.3) is 0 Å². The summed E-state index contributed by atoms with van der Waals surface area (Å²) in [6.45, 7) is 8.39. The highest BCUT2D eigenvalue weighted by Gasteiger charge is 2.37. The van der Waals surface area contributed by atoms with Gasteiger partial charge in [0.05, 0.1) is 17.4 Å². The number of thioether (sulfide) groups is 1. The molecule has 0 radical (unpaired) electrons. The van der Waals surface area contributed by atoms with Crippen molar-refractivity contribution in [2.75, 3.05) is 25.4 Å². The summed E-state index contributed by atoms with van der Waals surface area (Å²) in [5.74, 6) is 0.956. The summed E-state index contributed by atoms with van der Waals surface area (Å²) in [5, 5.41) is 16.9. The molecular formula is C18H27N3O4S2. The topological polar surface area (TPSA) is 104 Å². The van der Waals surface area contributed by atoms with E-state index in [1.807, 2.05) is 11.8 Å². The Hall–Kier alpha value is -1.45. The number of nitrogens with zero attached hydrogens (tertiary/aromatic N) is 3. The van der Waals surface area contributed by atoms with Crippen LogP contribution in [0.4, 0.5) is 0 Å². The second-order valence-electron chi connectivity index (χ2n) is 7.24. The zero-order chi connectivity index (χ0) is 19.8. The number of carboxylic acids is 2. The summed E-state index contributed by atoms with van der Waals surface area (Å²) in [6, 6.07) is 0. The Morgan fingerprint density at radius 3 is 2.33 bits per heavy atom. The lowest BCUT2D eigenvalue weighted by molar-refractivity contribution is -0.134. The van der Waals surface area contributed by atoms with Crippen molar-refractivity contribution < 1.29 is 19.8 Å². The minimum absolute atomic E-state index is 0.558. The van der Waals surface area contributed by atoms with Crippen molar-refractivity contribution in [3.8, 4) is 0 Å². The second-order valence-corrected chi connectivity index (χ2v) is 8.85. The number of aliphatic carboxylic acids is 2. The zero-order valence-electron chi connectivity index (χ0n) is 15.7. The lowest BCUT2D eigenvalue weighted by atomic mass is 9.78. The fourth-order valence-corrected chi connectivity index (χ4v) is 5.34. The SMILES string of the molecule is CC(C)CCSc1nsnc1C1CN2CCC1CC2.O=C(O)/C=C/C(=O)O. The normalized spacial score (nSPS) is 24.0. The number of fused-ring (bicyclic) bond motifs is 3. The number of hydrogen-bond donors (Lipinski definition) is 2. The van der Waals surface area contributed by atoms with E-state index in [0.29, 0.717) is 18.1 Å². The molecule has 1 aromatic heterocycles. The Labute approximate surface area is 168 Å². The van der Waals surface area contributed by atoms with Gasteiger partial charge in [-0.25, -0.2) is 9.59 Å². The first-order valence-electron chi connectivity index (χ1n) is 9.18. The highest BCUT2D eigenvalue weighted by atomic mass is 32.2.